The number of hydrogen-bond acceptors (Lipinski definition) is 4. The standard InChI is InChI=1S/C22H32N4O2.HI/c1-4-19-18(20(5-2)28-26-19)14-25-22(23-6-3)24-13-17-9-7-8-10-21(17)27-15-16-11-12-16;/h7-10,16H,4-6,11-15H2,1-3H3,(H2,23,24,25);1H. The monoisotopic (exact) mass is 512 g/mol. The fourth-order valence-electron chi connectivity index (χ4n) is 3.08. The first kappa shape index (κ1) is 23.5. The molecule has 1 saturated carbocycles. The van der Waals surface area contributed by atoms with Gasteiger partial charge in [-0.1, -0.05) is 37.2 Å². The van der Waals surface area contributed by atoms with E-state index in [-0.39, 0.29) is 24.0 Å². The molecule has 7 heteroatoms. The van der Waals surface area contributed by atoms with Crippen LogP contribution in [-0.4, -0.2) is 24.3 Å². The average Bonchev–Trinajstić information content (AvgIpc) is 3.47. The van der Waals surface area contributed by atoms with Gasteiger partial charge in [-0.15, -0.1) is 24.0 Å². The Labute approximate surface area is 190 Å². The summed E-state index contributed by atoms with van der Waals surface area (Å²) in [6, 6.07) is 8.17. The van der Waals surface area contributed by atoms with Gasteiger partial charge in [-0.3, -0.25) is 0 Å². The molecule has 1 aliphatic rings. The van der Waals surface area contributed by atoms with E-state index in [1.165, 1.54) is 12.8 Å². The van der Waals surface area contributed by atoms with E-state index in [1.807, 2.05) is 18.2 Å². The summed E-state index contributed by atoms with van der Waals surface area (Å²) in [4.78, 5) is 4.76. The van der Waals surface area contributed by atoms with Crippen molar-refractivity contribution in [3.8, 4) is 5.75 Å². The normalized spacial score (nSPS) is 13.7. The Hall–Kier alpha value is -1.77. The highest BCUT2D eigenvalue weighted by molar-refractivity contribution is 14.0. The van der Waals surface area contributed by atoms with Crippen molar-refractivity contribution in [1.82, 2.24) is 15.8 Å². The number of benzene rings is 1. The lowest BCUT2D eigenvalue weighted by Crippen LogP contribution is -2.37. The minimum atomic E-state index is 0. The number of halogens is 1. The minimum absolute atomic E-state index is 0. The Morgan fingerprint density at radius 3 is 2.66 bits per heavy atom. The van der Waals surface area contributed by atoms with E-state index in [4.69, 9.17) is 14.3 Å². The average molecular weight is 512 g/mol. The third-order valence-electron chi connectivity index (χ3n) is 4.94. The van der Waals surface area contributed by atoms with Gasteiger partial charge in [-0.25, -0.2) is 4.99 Å². The van der Waals surface area contributed by atoms with Gasteiger partial charge in [0.1, 0.15) is 11.5 Å². The number of aliphatic imine (C=N–C) groups is 1. The molecule has 1 aliphatic carbocycles. The Morgan fingerprint density at radius 1 is 1.17 bits per heavy atom. The Kier molecular flexibility index (Phi) is 9.76. The summed E-state index contributed by atoms with van der Waals surface area (Å²) >= 11 is 0. The molecule has 29 heavy (non-hydrogen) atoms. The number of guanidine groups is 1. The van der Waals surface area contributed by atoms with Gasteiger partial charge < -0.3 is 19.9 Å². The van der Waals surface area contributed by atoms with Gasteiger partial charge in [0.2, 0.25) is 0 Å². The van der Waals surface area contributed by atoms with Crippen LogP contribution in [0.2, 0.25) is 0 Å². The summed E-state index contributed by atoms with van der Waals surface area (Å²) in [5.74, 6) is 3.40. The molecule has 0 aliphatic heterocycles. The highest BCUT2D eigenvalue weighted by Crippen LogP contribution is 2.30. The van der Waals surface area contributed by atoms with Crippen molar-refractivity contribution in [1.29, 1.82) is 0 Å². The number of hydrogen-bond donors (Lipinski definition) is 2. The number of aryl methyl sites for hydroxylation is 2. The quantitative estimate of drug-likeness (QED) is 0.280. The van der Waals surface area contributed by atoms with E-state index in [9.17, 15) is 0 Å². The molecule has 0 amide bonds. The van der Waals surface area contributed by atoms with Crippen molar-refractivity contribution in [3.05, 3.63) is 46.8 Å². The summed E-state index contributed by atoms with van der Waals surface area (Å²) in [6.45, 7) is 9.09. The number of nitrogens with zero attached hydrogens (tertiary/aromatic N) is 2. The first-order valence-corrected chi connectivity index (χ1v) is 10.4. The van der Waals surface area contributed by atoms with Crippen LogP contribution in [0.15, 0.2) is 33.8 Å². The highest BCUT2D eigenvalue weighted by Gasteiger charge is 2.22. The van der Waals surface area contributed by atoms with E-state index in [0.29, 0.717) is 13.1 Å². The molecule has 1 aromatic heterocycles. The summed E-state index contributed by atoms with van der Waals surface area (Å²) in [7, 11) is 0. The second-order valence-electron chi connectivity index (χ2n) is 7.15. The molecule has 0 radical (unpaired) electrons. The maximum absolute atomic E-state index is 6.00. The van der Waals surface area contributed by atoms with Gasteiger partial charge >= 0.3 is 0 Å². The van der Waals surface area contributed by atoms with Crippen molar-refractivity contribution < 1.29 is 9.26 Å². The van der Waals surface area contributed by atoms with Crippen LogP contribution in [0.1, 0.15) is 56.2 Å². The predicted molar refractivity (Wildman–Crippen MR) is 127 cm³/mol. The SMILES string of the molecule is CCNC(=NCc1ccccc1OCC1CC1)NCc1c(CC)noc1CC.I. The lowest BCUT2D eigenvalue weighted by molar-refractivity contribution is 0.297. The zero-order chi connectivity index (χ0) is 19.8. The lowest BCUT2D eigenvalue weighted by Gasteiger charge is -2.13. The van der Waals surface area contributed by atoms with E-state index in [2.05, 4.69) is 42.6 Å². The number of nitrogens with one attached hydrogen (secondary N) is 2. The van der Waals surface area contributed by atoms with Crippen molar-refractivity contribution in [3.63, 3.8) is 0 Å². The third kappa shape index (κ3) is 6.90. The van der Waals surface area contributed by atoms with E-state index >= 15 is 0 Å². The molecule has 6 nitrogen and oxygen atoms in total. The van der Waals surface area contributed by atoms with Crippen LogP contribution in [0.25, 0.3) is 0 Å². The molecule has 0 spiro atoms. The van der Waals surface area contributed by atoms with Gasteiger partial charge in [0.15, 0.2) is 5.96 Å². The smallest absolute Gasteiger partial charge is 0.191 e. The molecule has 0 saturated heterocycles. The highest BCUT2D eigenvalue weighted by atomic mass is 127. The van der Waals surface area contributed by atoms with Crippen molar-refractivity contribution >= 4 is 29.9 Å². The summed E-state index contributed by atoms with van der Waals surface area (Å²) in [5, 5.41) is 10.9. The first-order valence-electron chi connectivity index (χ1n) is 10.4. The molecule has 160 valence electrons. The van der Waals surface area contributed by atoms with Crippen LogP contribution in [0.4, 0.5) is 0 Å². The third-order valence-corrected chi connectivity index (χ3v) is 4.94. The maximum Gasteiger partial charge on any atom is 0.191 e. The maximum atomic E-state index is 6.00. The molecule has 1 heterocycles. The molecule has 2 aromatic rings. The van der Waals surface area contributed by atoms with Crippen LogP contribution in [-0.2, 0) is 25.9 Å². The summed E-state index contributed by atoms with van der Waals surface area (Å²) in [6.07, 6.45) is 4.28. The second kappa shape index (κ2) is 12.0. The number of rotatable bonds is 10. The Bertz CT molecular complexity index is 765. The molecule has 0 bridgehead atoms. The van der Waals surface area contributed by atoms with Gasteiger partial charge in [-0.05, 0) is 38.2 Å². The molecular weight excluding hydrogens is 479 g/mol. The van der Waals surface area contributed by atoms with Crippen LogP contribution < -0.4 is 15.4 Å². The number of aromatic nitrogens is 1. The molecule has 1 fully saturated rings. The molecule has 0 unspecified atom stereocenters. The summed E-state index contributed by atoms with van der Waals surface area (Å²) in [5.41, 5.74) is 3.26. The molecule has 1 aromatic carbocycles. The molecule has 3 rings (SSSR count). The minimum Gasteiger partial charge on any atom is -0.493 e. The summed E-state index contributed by atoms with van der Waals surface area (Å²) < 4.78 is 11.5. The van der Waals surface area contributed by atoms with Gasteiger partial charge in [0, 0.05) is 30.6 Å². The van der Waals surface area contributed by atoms with E-state index < -0.39 is 0 Å². The fourth-order valence-corrected chi connectivity index (χ4v) is 3.08. The number of para-hydroxylation sites is 1. The van der Waals surface area contributed by atoms with Crippen molar-refractivity contribution in [2.45, 2.75) is 59.5 Å². The Morgan fingerprint density at radius 2 is 1.97 bits per heavy atom. The Balaban J connectivity index is 0.00000300. The lowest BCUT2D eigenvalue weighted by atomic mass is 10.1. The van der Waals surface area contributed by atoms with Crippen LogP contribution in [0.5, 0.6) is 5.75 Å². The van der Waals surface area contributed by atoms with E-state index in [0.717, 1.165) is 66.2 Å². The fraction of sp³-hybridized carbons (Fsp3) is 0.545. The zero-order valence-corrected chi connectivity index (χ0v) is 20.0. The second-order valence-corrected chi connectivity index (χ2v) is 7.15. The number of ether oxygens (including phenoxy) is 1. The van der Waals surface area contributed by atoms with Crippen LogP contribution in [0, 0.1) is 5.92 Å². The predicted octanol–water partition coefficient (Wildman–Crippen LogP) is 4.46. The van der Waals surface area contributed by atoms with Crippen molar-refractivity contribution in [2.24, 2.45) is 10.9 Å². The molecule has 0 atom stereocenters. The topological polar surface area (TPSA) is 71.7 Å². The van der Waals surface area contributed by atoms with E-state index in [1.54, 1.807) is 0 Å². The first-order chi connectivity index (χ1) is 13.7. The van der Waals surface area contributed by atoms with Gasteiger partial charge in [-0.2, -0.15) is 0 Å². The van der Waals surface area contributed by atoms with Gasteiger partial charge in [0.05, 0.1) is 18.8 Å². The molecular formula is C22H33IN4O2. The molecule has 2 N–H and O–H groups in total. The van der Waals surface area contributed by atoms with Crippen LogP contribution >= 0.6 is 24.0 Å². The van der Waals surface area contributed by atoms with Gasteiger partial charge in [0.25, 0.3) is 0 Å². The largest absolute Gasteiger partial charge is 0.493 e. The van der Waals surface area contributed by atoms with Crippen LogP contribution in [0.3, 0.4) is 0 Å². The zero-order valence-electron chi connectivity index (χ0n) is 17.7. The van der Waals surface area contributed by atoms with Crippen molar-refractivity contribution in [2.75, 3.05) is 13.2 Å².